The molecule has 1 aliphatic carbocycles. The van der Waals surface area contributed by atoms with E-state index in [-0.39, 0.29) is 30.8 Å². The number of aryl methyl sites for hydroxylation is 1. The number of benzene rings is 2. The zero-order valence-corrected chi connectivity index (χ0v) is 24.5. The van der Waals surface area contributed by atoms with Crippen molar-refractivity contribution in [2.75, 3.05) is 23.7 Å². The van der Waals surface area contributed by atoms with Crippen molar-refractivity contribution in [3.05, 3.63) is 59.7 Å². The monoisotopic (exact) mass is 557 g/mol. The molecule has 0 bridgehead atoms. The summed E-state index contributed by atoms with van der Waals surface area (Å²) in [6.07, 6.45) is 6.95. The molecule has 0 heterocycles. The van der Waals surface area contributed by atoms with Gasteiger partial charge < -0.3 is 15.0 Å². The van der Waals surface area contributed by atoms with Crippen LogP contribution in [0.1, 0.15) is 69.9 Å². The predicted octanol–water partition coefficient (Wildman–Crippen LogP) is 4.81. The van der Waals surface area contributed by atoms with Crippen molar-refractivity contribution >= 4 is 27.5 Å². The summed E-state index contributed by atoms with van der Waals surface area (Å²) in [5, 5.41) is 3.15. The molecule has 2 aromatic carbocycles. The van der Waals surface area contributed by atoms with Crippen LogP contribution in [0.15, 0.2) is 48.5 Å². The van der Waals surface area contributed by atoms with Crippen molar-refractivity contribution in [1.29, 1.82) is 0 Å². The second kappa shape index (κ2) is 14.4. The molecule has 9 heteroatoms. The minimum Gasteiger partial charge on any atom is -0.494 e. The van der Waals surface area contributed by atoms with Crippen molar-refractivity contribution in [1.82, 2.24) is 10.2 Å². The highest BCUT2D eigenvalue weighted by molar-refractivity contribution is 7.92. The molecule has 0 radical (unpaired) electrons. The normalized spacial score (nSPS) is 14.9. The summed E-state index contributed by atoms with van der Waals surface area (Å²) >= 11 is 0. The van der Waals surface area contributed by atoms with Gasteiger partial charge in [-0.15, -0.1) is 0 Å². The molecule has 0 aromatic heterocycles. The molecule has 8 nitrogen and oxygen atoms in total. The lowest BCUT2D eigenvalue weighted by atomic mass is 9.95. The maximum Gasteiger partial charge on any atom is 0.242 e. The highest BCUT2D eigenvalue weighted by Gasteiger charge is 2.28. The molecule has 1 atom stereocenters. The molecule has 1 aliphatic rings. The van der Waals surface area contributed by atoms with E-state index < -0.39 is 16.1 Å². The van der Waals surface area contributed by atoms with Crippen LogP contribution in [-0.2, 0) is 26.2 Å². The number of carbonyl (C=O) groups excluding carboxylic acids is 2. The molecular formula is C30H43N3O5S. The minimum atomic E-state index is -3.56. The van der Waals surface area contributed by atoms with Crippen molar-refractivity contribution in [3.63, 3.8) is 0 Å². The Morgan fingerprint density at radius 1 is 1.08 bits per heavy atom. The van der Waals surface area contributed by atoms with Crippen molar-refractivity contribution in [3.8, 4) is 5.75 Å². The molecule has 2 aromatic rings. The number of rotatable bonds is 13. The summed E-state index contributed by atoms with van der Waals surface area (Å²) in [5.41, 5.74) is 2.55. The lowest BCUT2D eigenvalue weighted by molar-refractivity contribution is -0.141. The van der Waals surface area contributed by atoms with Gasteiger partial charge in [-0.05, 0) is 69.9 Å². The van der Waals surface area contributed by atoms with Gasteiger partial charge in [-0.1, -0.05) is 49.1 Å². The minimum absolute atomic E-state index is 0.121. The fourth-order valence-corrected chi connectivity index (χ4v) is 6.00. The second-order valence-corrected chi connectivity index (χ2v) is 12.3. The summed E-state index contributed by atoms with van der Waals surface area (Å²) in [6, 6.07) is 14.3. The first-order valence-corrected chi connectivity index (χ1v) is 15.8. The van der Waals surface area contributed by atoms with E-state index in [1.165, 1.54) is 10.7 Å². The van der Waals surface area contributed by atoms with Crippen molar-refractivity contribution in [2.45, 2.75) is 84.3 Å². The number of amides is 2. The zero-order chi connectivity index (χ0) is 28.4. The number of sulfonamides is 1. The molecule has 1 unspecified atom stereocenters. The van der Waals surface area contributed by atoms with Gasteiger partial charge in [0.15, 0.2) is 0 Å². The molecule has 214 valence electrons. The lowest BCUT2D eigenvalue weighted by Crippen LogP contribution is -2.50. The molecule has 0 saturated heterocycles. The summed E-state index contributed by atoms with van der Waals surface area (Å²) in [6.45, 7) is 6.64. The fraction of sp³-hybridized carbons (Fsp3) is 0.533. The topological polar surface area (TPSA) is 96.0 Å². The van der Waals surface area contributed by atoms with Gasteiger partial charge in [-0.2, -0.15) is 0 Å². The molecule has 0 spiro atoms. The predicted molar refractivity (Wildman–Crippen MR) is 155 cm³/mol. The van der Waals surface area contributed by atoms with Gasteiger partial charge in [0.25, 0.3) is 0 Å². The third-order valence-corrected chi connectivity index (χ3v) is 8.34. The Bertz CT molecular complexity index is 1190. The van der Waals surface area contributed by atoms with Gasteiger partial charge in [0.2, 0.25) is 21.8 Å². The zero-order valence-electron chi connectivity index (χ0n) is 23.7. The number of anilines is 1. The first-order valence-electron chi connectivity index (χ1n) is 13.9. The van der Waals surface area contributed by atoms with E-state index in [0.29, 0.717) is 31.0 Å². The Balaban J connectivity index is 1.70. The molecule has 1 saturated carbocycles. The summed E-state index contributed by atoms with van der Waals surface area (Å²) < 4.78 is 31.9. The van der Waals surface area contributed by atoms with Crippen molar-refractivity contribution < 1.29 is 22.7 Å². The lowest BCUT2D eigenvalue weighted by Gasteiger charge is -2.31. The van der Waals surface area contributed by atoms with E-state index in [1.54, 1.807) is 36.1 Å². The van der Waals surface area contributed by atoms with Gasteiger partial charge in [-0.25, -0.2) is 8.42 Å². The van der Waals surface area contributed by atoms with Crippen LogP contribution in [0.4, 0.5) is 5.69 Å². The summed E-state index contributed by atoms with van der Waals surface area (Å²) in [4.78, 5) is 28.3. The van der Waals surface area contributed by atoms with E-state index >= 15 is 0 Å². The Labute approximate surface area is 233 Å². The van der Waals surface area contributed by atoms with E-state index in [9.17, 15) is 18.0 Å². The fourth-order valence-electron chi connectivity index (χ4n) is 5.04. The number of ether oxygens (including phenoxy) is 1. The van der Waals surface area contributed by atoms with E-state index in [0.717, 1.165) is 43.1 Å². The van der Waals surface area contributed by atoms with Gasteiger partial charge in [0.1, 0.15) is 11.8 Å². The van der Waals surface area contributed by atoms with Gasteiger partial charge in [0, 0.05) is 25.6 Å². The Morgan fingerprint density at radius 3 is 2.38 bits per heavy atom. The van der Waals surface area contributed by atoms with Crippen LogP contribution in [0.25, 0.3) is 0 Å². The molecule has 1 fully saturated rings. The van der Waals surface area contributed by atoms with Gasteiger partial charge in [0.05, 0.1) is 18.6 Å². The Kier molecular flexibility index (Phi) is 11.2. The highest BCUT2D eigenvalue weighted by Crippen LogP contribution is 2.23. The first kappa shape index (κ1) is 30.5. The van der Waals surface area contributed by atoms with Gasteiger partial charge in [-0.3, -0.25) is 13.9 Å². The number of carbonyl (C=O) groups is 2. The number of hydrogen-bond acceptors (Lipinski definition) is 5. The van der Waals surface area contributed by atoms with Crippen LogP contribution in [0.2, 0.25) is 0 Å². The maximum atomic E-state index is 13.5. The molecule has 0 aliphatic heterocycles. The van der Waals surface area contributed by atoms with Crippen LogP contribution >= 0.6 is 0 Å². The average Bonchev–Trinajstić information content (AvgIpc) is 2.90. The maximum absolute atomic E-state index is 13.5. The molecular weight excluding hydrogens is 514 g/mol. The van der Waals surface area contributed by atoms with Crippen LogP contribution in [-0.4, -0.2) is 56.6 Å². The van der Waals surface area contributed by atoms with Crippen LogP contribution in [0.5, 0.6) is 5.75 Å². The second-order valence-electron chi connectivity index (χ2n) is 10.4. The molecule has 2 amide bonds. The quantitative estimate of drug-likeness (QED) is 0.382. The molecule has 39 heavy (non-hydrogen) atoms. The number of nitrogens with zero attached hydrogens (tertiary/aromatic N) is 2. The van der Waals surface area contributed by atoms with E-state index in [2.05, 4.69) is 5.32 Å². The largest absolute Gasteiger partial charge is 0.494 e. The highest BCUT2D eigenvalue weighted by atomic mass is 32.2. The summed E-state index contributed by atoms with van der Waals surface area (Å²) in [7, 11) is -3.56. The van der Waals surface area contributed by atoms with Gasteiger partial charge >= 0.3 is 0 Å². The Morgan fingerprint density at radius 2 is 1.77 bits per heavy atom. The van der Waals surface area contributed by atoms with E-state index in [1.807, 2.05) is 38.1 Å². The third-order valence-electron chi connectivity index (χ3n) is 7.14. The molecule has 3 rings (SSSR count). The SMILES string of the molecule is CCOc1ccc(N(CCCC(=O)N(Cc2cccc(C)c2)C(C)C(=O)NC2CCCCC2)S(C)(=O)=O)cc1. The first-order chi connectivity index (χ1) is 18.6. The van der Waals surface area contributed by atoms with Crippen LogP contribution in [0, 0.1) is 6.92 Å². The smallest absolute Gasteiger partial charge is 0.242 e. The third kappa shape index (κ3) is 9.27. The Hall–Kier alpha value is -3.07. The number of nitrogens with one attached hydrogen (secondary N) is 1. The number of hydrogen-bond donors (Lipinski definition) is 1. The average molecular weight is 558 g/mol. The van der Waals surface area contributed by atoms with Crippen LogP contribution < -0.4 is 14.4 Å². The van der Waals surface area contributed by atoms with Crippen molar-refractivity contribution in [2.24, 2.45) is 0 Å². The molecule has 1 N–H and O–H groups in total. The van der Waals surface area contributed by atoms with E-state index in [4.69, 9.17) is 4.74 Å². The summed E-state index contributed by atoms with van der Waals surface area (Å²) in [5.74, 6) is 0.343. The van der Waals surface area contributed by atoms with Crippen LogP contribution in [0.3, 0.4) is 0 Å². The standard InChI is InChI=1S/C30H43N3O5S/c1-5-38-28-18-16-27(17-19-28)33(39(4,36)37)20-10-15-29(34)32(22-25-12-9-11-23(2)21-25)24(3)30(35)31-26-13-7-6-8-14-26/h9,11-12,16-19,21,24,26H,5-8,10,13-15,20,22H2,1-4H3,(H,31,35).